The molecule has 0 aliphatic heterocycles. The van der Waals surface area contributed by atoms with Crippen LogP contribution in [-0.2, 0) is 24.4 Å². The van der Waals surface area contributed by atoms with Gasteiger partial charge in [0.15, 0.2) is 0 Å². The van der Waals surface area contributed by atoms with Gasteiger partial charge in [0.05, 0.1) is 25.5 Å². The highest BCUT2D eigenvalue weighted by molar-refractivity contribution is 6.31. The number of rotatable bonds is 6. The lowest BCUT2D eigenvalue weighted by atomic mass is 10.2. The minimum atomic E-state index is 0.403. The summed E-state index contributed by atoms with van der Waals surface area (Å²) in [5.74, 6) is 0. The van der Waals surface area contributed by atoms with Gasteiger partial charge in [-0.2, -0.15) is 0 Å². The van der Waals surface area contributed by atoms with Crippen molar-refractivity contribution >= 4 is 11.6 Å². The van der Waals surface area contributed by atoms with Gasteiger partial charge < -0.3 is 10.5 Å². The molecule has 0 bridgehead atoms. The molecule has 1 aromatic heterocycles. The normalized spacial score (nSPS) is 10.8. The van der Waals surface area contributed by atoms with Crippen molar-refractivity contribution in [3.05, 3.63) is 46.7 Å². The molecule has 2 N–H and O–H groups in total. The van der Waals surface area contributed by atoms with Crippen LogP contribution in [0.25, 0.3) is 0 Å². The third-order valence-corrected chi connectivity index (χ3v) is 2.84. The van der Waals surface area contributed by atoms with Gasteiger partial charge in [-0.1, -0.05) is 35.0 Å². The maximum atomic E-state index is 6.02. The van der Waals surface area contributed by atoms with E-state index in [1.807, 2.05) is 30.5 Å². The standard InChI is InChI=1S/C12H15ClN4O/c13-12-4-2-1-3-10(12)9-18-6-5-17-8-11(7-14)15-16-17/h1-4,8H,5-7,9,14H2. The van der Waals surface area contributed by atoms with Crippen molar-refractivity contribution in [2.75, 3.05) is 6.61 Å². The monoisotopic (exact) mass is 266 g/mol. The predicted octanol–water partition coefficient (Wildman–Crippen LogP) is 1.61. The molecule has 1 aromatic carbocycles. The Morgan fingerprint density at radius 2 is 2.17 bits per heavy atom. The number of ether oxygens (including phenoxy) is 1. The first-order valence-electron chi connectivity index (χ1n) is 5.70. The summed E-state index contributed by atoms with van der Waals surface area (Å²) >= 11 is 6.02. The molecule has 5 nitrogen and oxygen atoms in total. The number of benzene rings is 1. The zero-order chi connectivity index (χ0) is 12.8. The molecule has 0 fully saturated rings. The summed E-state index contributed by atoms with van der Waals surface area (Å²) in [6.07, 6.45) is 1.82. The first-order chi connectivity index (χ1) is 8.79. The highest BCUT2D eigenvalue weighted by Crippen LogP contribution is 2.15. The first kappa shape index (κ1) is 13.0. The van der Waals surface area contributed by atoms with Gasteiger partial charge in [0.2, 0.25) is 0 Å². The van der Waals surface area contributed by atoms with Crippen LogP contribution in [-0.4, -0.2) is 21.6 Å². The van der Waals surface area contributed by atoms with E-state index in [1.165, 1.54) is 0 Å². The van der Waals surface area contributed by atoms with E-state index < -0.39 is 0 Å². The van der Waals surface area contributed by atoms with Gasteiger partial charge in [0.25, 0.3) is 0 Å². The van der Waals surface area contributed by atoms with Gasteiger partial charge in [-0.05, 0) is 11.6 Å². The second kappa shape index (κ2) is 6.49. The number of nitrogens with zero attached hydrogens (tertiary/aromatic N) is 3. The van der Waals surface area contributed by atoms with Crippen LogP contribution in [0, 0.1) is 0 Å². The number of aromatic nitrogens is 3. The summed E-state index contributed by atoms with van der Waals surface area (Å²) in [5.41, 5.74) is 7.21. The third-order valence-electron chi connectivity index (χ3n) is 2.48. The maximum Gasteiger partial charge on any atom is 0.0962 e. The Balaban J connectivity index is 1.74. The van der Waals surface area contributed by atoms with Crippen molar-refractivity contribution in [1.82, 2.24) is 15.0 Å². The molecule has 0 saturated heterocycles. The van der Waals surface area contributed by atoms with Crippen LogP contribution in [0.15, 0.2) is 30.5 Å². The first-order valence-corrected chi connectivity index (χ1v) is 6.07. The fourth-order valence-electron chi connectivity index (χ4n) is 1.50. The van der Waals surface area contributed by atoms with Crippen LogP contribution in [0.2, 0.25) is 5.02 Å². The molecule has 18 heavy (non-hydrogen) atoms. The molecule has 0 spiro atoms. The molecule has 0 atom stereocenters. The van der Waals surface area contributed by atoms with Crippen molar-refractivity contribution in [3.8, 4) is 0 Å². The summed E-state index contributed by atoms with van der Waals surface area (Å²) in [6, 6.07) is 7.64. The minimum Gasteiger partial charge on any atom is -0.375 e. The van der Waals surface area contributed by atoms with Crippen LogP contribution in [0.5, 0.6) is 0 Å². The number of halogens is 1. The molecule has 2 rings (SSSR count). The van der Waals surface area contributed by atoms with Gasteiger partial charge in [-0.15, -0.1) is 5.10 Å². The second-order valence-electron chi connectivity index (χ2n) is 3.82. The number of hydrogen-bond donors (Lipinski definition) is 1. The van der Waals surface area contributed by atoms with E-state index in [0.717, 1.165) is 16.3 Å². The highest BCUT2D eigenvalue weighted by Gasteiger charge is 2.00. The van der Waals surface area contributed by atoms with E-state index in [0.29, 0.717) is 26.3 Å². The van der Waals surface area contributed by atoms with Crippen LogP contribution in [0.4, 0.5) is 0 Å². The van der Waals surface area contributed by atoms with Crippen molar-refractivity contribution in [3.63, 3.8) is 0 Å². The number of nitrogens with two attached hydrogens (primary N) is 1. The summed E-state index contributed by atoms with van der Waals surface area (Å²) in [6.45, 7) is 2.11. The Labute approximate surface area is 111 Å². The van der Waals surface area contributed by atoms with Crippen LogP contribution in [0.3, 0.4) is 0 Å². The molecule has 0 aliphatic rings. The SMILES string of the molecule is NCc1cn(CCOCc2ccccc2Cl)nn1. The van der Waals surface area contributed by atoms with E-state index in [2.05, 4.69) is 10.3 Å². The maximum absolute atomic E-state index is 6.02. The zero-order valence-electron chi connectivity index (χ0n) is 9.92. The fraction of sp³-hybridized carbons (Fsp3) is 0.333. The van der Waals surface area contributed by atoms with Crippen molar-refractivity contribution in [1.29, 1.82) is 0 Å². The van der Waals surface area contributed by atoms with Crippen molar-refractivity contribution in [2.45, 2.75) is 19.7 Å². The molecule has 1 heterocycles. The Hall–Kier alpha value is -1.43. The molecule has 0 saturated carbocycles. The molecular weight excluding hydrogens is 252 g/mol. The second-order valence-corrected chi connectivity index (χ2v) is 4.23. The third kappa shape index (κ3) is 3.53. The fourth-order valence-corrected chi connectivity index (χ4v) is 1.69. The van der Waals surface area contributed by atoms with Gasteiger partial charge in [0, 0.05) is 17.8 Å². The van der Waals surface area contributed by atoms with E-state index in [-0.39, 0.29) is 0 Å². The molecule has 0 radical (unpaired) electrons. The van der Waals surface area contributed by atoms with Gasteiger partial charge in [0.1, 0.15) is 0 Å². The topological polar surface area (TPSA) is 66.0 Å². The average Bonchev–Trinajstić information content (AvgIpc) is 2.84. The summed E-state index contributed by atoms with van der Waals surface area (Å²) in [5, 5.41) is 8.55. The molecule has 0 aliphatic carbocycles. The average molecular weight is 267 g/mol. The Kier molecular flexibility index (Phi) is 4.69. The lowest BCUT2D eigenvalue weighted by molar-refractivity contribution is 0.110. The minimum absolute atomic E-state index is 0.403. The Morgan fingerprint density at radius 3 is 2.89 bits per heavy atom. The quantitative estimate of drug-likeness (QED) is 0.807. The van der Waals surface area contributed by atoms with E-state index in [1.54, 1.807) is 4.68 Å². The van der Waals surface area contributed by atoms with Crippen LogP contribution in [0.1, 0.15) is 11.3 Å². The molecule has 6 heteroatoms. The smallest absolute Gasteiger partial charge is 0.0962 e. The van der Waals surface area contributed by atoms with Crippen LogP contribution < -0.4 is 5.73 Å². The van der Waals surface area contributed by atoms with E-state index >= 15 is 0 Å². The largest absolute Gasteiger partial charge is 0.375 e. The molecule has 96 valence electrons. The Bertz CT molecular complexity index is 500. The number of hydrogen-bond acceptors (Lipinski definition) is 4. The predicted molar refractivity (Wildman–Crippen MR) is 69.0 cm³/mol. The van der Waals surface area contributed by atoms with Crippen molar-refractivity contribution < 1.29 is 4.74 Å². The van der Waals surface area contributed by atoms with Gasteiger partial charge in [-0.25, -0.2) is 4.68 Å². The molecule has 2 aromatic rings. The molecular formula is C12H15ClN4O. The highest BCUT2D eigenvalue weighted by atomic mass is 35.5. The lowest BCUT2D eigenvalue weighted by Crippen LogP contribution is -2.07. The lowest BCUT2D eigenvalue weighted by Gasteiger charge is -2.05. The zero-order valence-corrected chi connectivity index (χ0v) is 10.7. The summed E-state index contributed by atoms with van der Waals surface area (Å²) < 4.78 is 7.26. The molecule has 0 unspecified atom stereocenters. The molecule has 0 amide bonds. The van der Waals surface area contributed by atoms with Gasteiger partial charge >= 0.3 is 0 Å². The van der Waals surface area contributed by atoms with Gasteiger partial charge in [-0.3, -0.25) is 0 Å². The Morgan fingerprint density at radius 1 is 1.33 bits per heavy atom. The van der Waals surface area contributed by atoms with Crippen molar-refractivity contribution in [2.24, 2.45) is 5.73 Å². The summed E-state index contributed by atoms with van der Waals surface area (Å²) in [7, 11) is 0. The summed E-state index contributed by atoms with van der Waals surface area (Å²) in [4.78, 5) is 0. The van der Waals surface area contributed by atoms with Crippen LogP contribution >= 0.6 is 11.6 Å². The van der Waals surface area contributed by atoms with E-state index in [4.69, 9.17) is 22.1 Å². The van der Waals surface area contributed by atoms with E-state index in [9.17, 15) is 0 Å².